The number of hydrogen-bond donors (Lipinski definition) is 1. The quantitative estimate of drug-likeness (QED) is 0.824. The maximum absolute atomic E-state index is 3.37. The van der Waals surface area contributed by atoms with E-state index in [-0.39, 0.29) is 0 Å². The first-order chi connectivity index (χ1) is 9.99. The molecule has 2 rings (SSSR count). The van der Waals surface area contributed by atoms with Gasteiger partial charge < -0.3 is 5.32 Å². The summed E-state index contributed by atoms with van der Waals surface area (Å²) in [5.74, 6) is 0. The normalized spacial score (nSPS) is 16.9. The number of nitrogens with zero attached hydrogens (tertiary/aromatic N) is 1. The van der Waals surface area contributed by atoms with Gasteiger partial charge in [-0.2, -0.15) is 0 Å². The van der Waals surface area contributed by atoms with E-state index in [0.29, 0.717) is 5.41 Å². The number of nitrogens with one attached hydrogen (secondary N) is 1. The lowest BCUT2D eigenvalue weighted by Gasteiger charge is -2.32. The van der Waals surface area contributed by atoms with Crippen LogP contribution in [0.15, 0.2) is 35.9 Å². The summed E-state index contributed by atoms with van der Waals surface area (Å²) in [7, 11) is 0. The second-order valence-corrected chi connectivity index (χ2v) is 7.06. The van der Waals surface area contributed by atoms with Crippen molar-refractivity contribution in [3.8, 4) is 0 Å². The first kappa shape index (κ1) is 16.3. The van der Waals surface area contributed by atoms with E-state index in [1.165, 1.54) is 24.1 Å². The Labute approximate surface area is 130 Å². The van der Waals surface area contributed by atoms with Crippen LogP contribution in [0.25, 0.3) is 0 Å². The van der Waals surface area contributed by atoms with Gasteiger partial charge in [-0.05, 0) is 29.5 Å². The number of hydrogen-bond acceptors (Lipinski definition) is 2. The minimum Gasteiger partial charge on any atom is -0.313 e. The first-order valence-electron chi connectivity index (χ1n) is 8.19. The van der Waals surface area contributed by atoms with E-state index in [1.54, 1.807) is 5.57 Å². The van der Waals surface area contributed by atoms with Crippen LogP contribution in [0.1, 0.15) is 45.2 Å². The van der Waals surface area contributed by atoms with Gasteiger partial charge in [0.15, 0.2) is 0 Å². The Hall–Kier alpha value is -1.12. The highest BCUT2D eigenvalue weighted by Gasteiger charge is 2.21. The topological polar surface area (TPSA) is 15.3 Å². The summed E-state index contributed by atoms with van der Waals surface area (Å²) in [5, 5.41) is 3.37. The standard InChI is InChI=1S/C19H30N2/c1-5-20-14-16-6-8-17(9-7-16)15-21-12-10-18(11-13-21)19(2,3)4/h6-10,20H,5,11-15H2,1-4H3. The van der Waals surface area contributed by atoms with Gasteiger partial charge in [0.25, 0.3) is 0 Å². The molecule has 0 aliphatic carbocycles. The molecule has 0 unspecified atom stereocenters. The third kappa shape index (κ3) is 4.98. The van der Waals surface area contributed by atoms with Gasteiger partial charge in [-0.3, -0.25) is 4.90 Å². The van der Waals surface area contributed by atoms with Crippen molar-refractivity contribution in [2.75, 3.05) is 19.6 Å². The molecule has 2 heteroatoms. The minimum atomic E-state index is 0.333. The smallest absolute Gasteiger partial charge is 0.0237 e. The molecular formula is C19H30N2. The molecule has 0 radical (unpaired) electrons. The highest BCUT2D eigenvalue weighted by Crippen LogP contribution is 2.30. The van der Waals surface area contributed by atoms with E-state index in [9.17, 15) is 0 Å². The third-order valence-electron chi connectivity index (χ3n) is 4.26. The fraction of sp³-hybridized carbons (Fsp3) is 0.579. The summed E-state index contributed by atoms with van der Waals surface area (Å²) in [6, 6.07) is 9.04. The minimum absolute atomic E-state index is 0.333. The Morgan fingerprint density at radius 3 is 2.29 bits per heavy atom. The van der Waals surface area contributed by atoms with Gasteiger partial charge in [0, 0.05) is 26.2 Å². The van der Waals surface area contributed by atoms with E-state index in [1.807, 2.05) is 0 Å². The van der Waals surface area contributed by atoms with Crippen LogP contribution in [-0.4, -0.2) is 24.5 Å². The van der Waals surface area contributed by atoms with Crippen LogP contribution >= 0.6 is 0 Å². The molecule has 0 amide bonds. The maximum Gasteiger partial charge on any atom is 0.0237 e. The van der Waals surface area contributed by atoms with Crippen LogP contribution in [0.2, 0.25) is 0 Å². The fourth-order valence-electron chi connectivity index (χ4n) is 2.83. The number of rotatable bonds is 5. The first-order valence-corrected chi connectivity index (χ1v) is 8.19. The molecule has 0 saturated carbocycles. The van der Waals surface area contributed by atoms with Crippen LogP contribution in [0.4, 0.5) is 0 Å². The van der Waals surface area contributed by atoms with Crippen molar-refractivity contribution < 1.29 is 0 Å². The molecule has 0 spiro atoms. The predicted molar refractivity (Wildman–Crippen MR) is 91.3 cm³/mol. The van der Waals surface area contributed by atoms with Gasteiger partial charge in [-0.15, -0.1) is 0 Å². The van der Waals surface area contributed by atoms with Crippen molar-refractivity contribution in [3.63, 3.8) is 0 Å². The van der Waals surface area contributed by atoms with E-state index in [0.717, 1.165) is 26.2 Å². The Morgan fingerprint density at radius 1 is 1.10 bits per heavy atom. The summed E-state index contributed by atoms with van der Waals surface area (Å²) >= 11 is 0. The maximum atomic E-state index is 3.37. The van der Waals surface area contributed by atoms with Gasteiger partial charge in [0.05, 0.1) is 0 Å². The molecule has 1 aliphatic rings. The predicted octanol–water partition coefficient (Wildman–Crippen LogP) is 3.97. The van der Waals surface area contributed by atoms with Crippen molar-refractivity contribution in [2.45, 2.75) is 47.2 Å². The largest absolute Gasteiger partial charge is 0.313 e. The Morgan fingerprint density at radius 2 is 1.76 bits per heavy atom. The Balaban J connectivity index is 1.87. The molecule has 1 heterocycles. The Bertz CT molecular complexity index is 465. The Kier molecular flexibility index (Phi) is 5.60. The van der Waals surface area contributed by atoms with E-state index >= 15 is 0 Å². The zero-order valence-corrected chi connectivity index (χ0v) is 14.1. The second-order valence-electron chi connectivity index (χ2n) is 7.06. The zero-order chi connectivity index (χ0) is 15.3. The van der Waals surface area contributed by atoms with Gasteiger partial charge >= 0.3 is 0 Å². The van der Waals surface area contributed by atoms with E-state index < -0.39 is 0 Å². The van der Waals surface area contributed by atoms with Gasteiger partial charge in [-0.1, -0.05) is 63.6 Å². The van der Waals surface area contributed by atoms with Gasteiger partial charge in [0.2, 0.25) is 0 Å². The summed E-state index contributed by atoms with van der Waals surface area (Å²) in [4.78, 5) is 2.54. The average Bonchev–Trinajstić information content (AvgIpc) is 2.46. The SMILES string of the molecule is CCNCc1ccc(CN2CC=C(C(C)(C)C)CC2)cc1. The van der Waals surface area contributed by atoms with E-state index in [4.69, 9.17) is 0 Å². The number of benzene rings is 1. The highest BCUT2D eigenvalue weighted by atomic mass is 15.1. The summed E-state index contributed by atoms with van der Waals surface area (Å²) in [6.45, 7) is 14.4. The van der Waals surface area contributed by atoms with Crippen LogP contribution in [-0.2, 0) is 13.1 Å². The molecule has 21 heavy (non-hydrogen) atoms. The zero-order valence-electron chi connectivity index (χ0n) is 14.1. The van der Waals surface area contributed by atoms with Crippen molar-refractivity contribution in [1.29, 1.82) is 0 Å². The average molecular weight is 286 g/mol. The van der Waals surface area contributed by atoms with Crippen LogP contribution in [0, 0.1) is 5.41 Å². The molecule has 1 aromatic rings. The molecule has 0 atom stereocenters. The van der Waals surface area contributed by atoms with Gasteiger partial charge in [0.1, 0.15) is 0 Å². The molecule has 1 N–H and O–H groups in total. The van der Waals surface area contributed by atoms with Crippen molar-refractivity contribution in [1.82, 2.24) is 10.2 Å². The van der Waals surface area contributed by atoms with Crippen LogP contribution in [0.3, 0.4) is 0 Å². The monoisotopic (exact) mass is 286 g/mol. The molecular weight excluding hydrogens is 256 g/mol. The summed E-state index contributed by atoms with van der Waals surface area (Å²) < 4.78 is 0. The molecule has 116 valence electrons. The van der Waals surface area contributed by atoms with Crippen molar-refractivity contribution >= 4 is 0 Å². The summed E-state index contributed by atoms with van der Waals surface area (Å²) in [6.07, 6.45) is 3.64. The van der Waals surface area contributed by atoms with Crippen LogP contribution in [0.5, 0.6) is 0 Å². The lowest BCUT2D eigenvalue weighted by molar-refractivity contribution is 0.271. The molecule has 0 fully saturated rings. The lowest BCUT2D eigenvalue weighted by atomic mass is 9.83. The molecule has 1 aliphatic heterocycles. The fourth-order valence-corrected chi connectivity index (χ4v) is 2.83. The molecule has 0 saturated heterocycles. The molecule has 0 bridgehead atoms. The molecule has 0 aromatic heterocycles. The van der Waals surface area contributed by atoms with Crippen molar-refractivity contribution in [2.24, 2.45) is 5.41 Å². The van der Waals surface area contributed by atoms with Crippen molar-refractivity contribution in [3.05, 3.63) is 47.0 Å². The molecule has 2 nitrogen and oxygen atoms in total. The van der Waals surface area contributed by atoms with E-state index in [2.05, 4.69) is 68.3 Å². The molecule has 1 aromatic carbocycles. The lowest BCUT2D eigenvalue weighted by Crippen LogP contribution is -2.30. The highest BCUT2D eigenvalue weighted by molar-refractivity contribution is 5.23. The second kappa shape index (κ2) is 7.24. The summed E-state index contributed by atoms with van der Waals surface area (Å²) in [5.41, 5.74) is 4.73. The third-order valence-corrected chi connectivity index (χ3v) is 4.26. The van der Waals surface area contributed by atoms with Crippen LogP contribution < -0.4 is 5.32 Å². The van der Waals surface area contributed by atoms with Gasteiger partial charge in [-0.25, -0.2) is 0 Å².